The molecule has 0 saturated heterocycles. The van der Waals surface area contributed by atoms with Gasteiger partial charge in [0.1, 0.15) is 11.2 Å². The highest BCUT2D eigenvalue weighted by Crippen LogP contribution is 2.40. The second-order valence-electron chi connectivity index (χ2n) is 14.2. The number of nitrogens with zero attached hydrogens (tertiary/aromatic N) is 2. The van der Waals surface area contributed by atoms with Crippen LogP contribution >= 0.6 is 0 Å². The lowest BCUT2D eigenvalue weighted by Gasteiger charge is -2.10. The van der Waals surface area contributed by atoms with E-state index in [-0.39, 0.29) is 0 Å². The molecule has 246 valence electrons. The van der Waals surface area contributed by atoms with Crippen molar-refractivity contribution in [2.75, 3.05) is 0 Å². The SMILES string of the molecule is c1ccc2cc(-n3c4ccc(-c5ccc6c(c5)c5ccccc5n6-c5ccc6c(c5)oc5ccccc56)cc4c4cc5ccccc5cc43)ccc2c1. The van der Waals surface area contributed by atoms with Gasteiger partial charge in [0.05, 0.1) is 22.1 Å². The summed E-state index contributed by atoms with van der Waals surface area (Å²) in [6, 6.07) is 66.3. The molecule has 0 radical (unpaired) electrons. The highest BCUT2D eigenvalue weighted by atomic mass is 16.3. The maximum atomic E-state index is 6.32. The van der Waals surface area contributed by atoms with Crippen LogP contribution in [0.4, 0.5) is 0 Å². The van der Waals surface area contributed by atoms with Crippen LogP contribution in [-0.4, -0.2) is 9.13 Å². The van der Waals surface area contributed by atoms with Crippen molar-refractivity contribution in [1.29, 1.82) is 0 Å². The molecule has 0 aliphatic heterocycles. The average molecular weight is 675 g/mol. The van der Waals surface area contributed by atoms with Crippen LogP contribution in [0.5, 0.6) is 0 Å². The van der Waals surface area contributed by atoms with Crippen LogP contribution in [0.25, 0.3) is 110 Å². The quantitative estimate of drug-likeness (QED) is 0.183. The molecule has 0 fully saturated rings. The fraction of sp³-hybridized carbons (Fsp3) is 0. The van der Waals surface area contributed by atoms with E-state index in [1.54, 1.807) is 0 Å². The van der Waals surface area contributed by atoms with E-state index in [0.29, 0.717) is 0 Å². The molecule has 0 amide bonds. The molecule has 0 atom stereocenters. The minimum Gasteiger partial charge on any atom is -0.456 e. The van der Waals surface area contributed by atoms with E-state index in [9.17, 15) is 0 Å². The highest BCUT2D eigenvalue weighted by Gasteiger charge is 2.18. The third-order valence-electron chi connectivity index (χ3n) is 11.3. The summed E-state index contributed by atoms with van der Waals surface area (Å²) in [6.45, 7) is 0. The Morgan fingerprint density at radius 3 is 1.60 bits per heavy atom. The van der Waals surface area contributed by atoms with Crippen LogP contribution in [0, 0.1) is 0 Å². The Morgan fingerprint density at radius 1 is 0.283 bits per heavy atom. The largest absolute Gasteiger partial charge is 0.456 e. The Hall–Kier alpha value is -7.10. The summed E-state index contributed by atoms with van der Waals surface area (Å²) >= 11 is 0. The maximum absolute atomic E-state index is 6.32. The Bertz CT molecular complexity index is 3470. The number of furan rings is 1. The lowest BCUT2D eigenvalue weighted by molar-refractivity contribution is 0.668. The van der Waals surface area contributed by atoms with Crippen molar-refractivity contribution >= 4 is 87.1 Å². The summed E-state index contributed by atoms with van der Waals surface area (Å²) in [6.07, 6.45) is 0. The maximum Gasteiger partial charge on any atom is 0.137 e. The Morgan fingerprint density at radius 2 is 0.811 bits per heavy atom. The predicted octanol–water partition coefficient (Wildman–Crippen LogP) is 13.8. The second kappa shape index (κ2) is 10.7. The van der Waals surface area contributed by atoms with E-state index in [1.165, 1.54) is 82.0 Å². The van der Waals surface area contributed by atoms with Crippen LogP contribution in [0.3, 0.4) is 0 Å². The standard InChI is InChI=1S/C50H30N2O/c1-2-10-32-25-37(20-17-31(32)9-1)52-47-24-19-36(28-43(47)44-26-33-11-3-4-12-34(33)29-48(44)52)35-18-23-46-42(27-35)39-13-5-7-15-45(39)51(46)38-21-22-41-40-14-6-8-16-49(40)53-50(41)30-38/h1-30H. The van der Waals surface area contributed by atoms with Gasteiger partial charge in [-0.15, -0.1) is 0 Å². The van der Waals surface area contributed by atoms with Gasteiger partial charge in [0.15, 0.2) is 0 Å². The van der Waals surface area contributed by atoms with Crippen LogP contribution in [0.1, 0.15) is 0 Å². The summed E-state index contributed by atoms with van der Waals surface area (Å²) in [7, 11) is 0. The molecule has 3 heterocycles. The summed E-state index contributed by atoms with van der Waals surface area (Å²) in [5.41, 5.74) is 11.2. The topological polar surface area (TPSA) is 23.0 Å². The van der Waals surface area contributed by atoms with Crippen molar-refractivity contribution in [1.82, 2.24) is 9.13 Å². The molecule has 3 nitrogen and oxygen atoms in total. The first-order valence-corrected chi connectivity index (χ1v) is 18.2. The third-order valence-corrected chi connectivity index (χ3v) is 11.3. The van der Waals surface area contributed by atoms with Gasteiger partial charge >= 0.3 is 0 Å². The van der Waals surface area contributed by atoms with Gasteiger partial charge in [0.25, 0.3) is 0 Å². The van der Waals surface area contributed by atoms with Crippen LogP contribution < -0.4 is 0 Å². The lowest BCUT2D eigenvalue weighted by Crippen LogP contribution is -1.94. The number of aromatic nitrogens is 2. The molecule has 12 aromatic rings. The number of benzene rings is 9. The van der Waals surface area contributed by atoms with Gasteiger partial charge in [-0.05, 0) is 105 Å². The van der Waals surface area contributed by atoms with E-state index >= 15 is 0 Å². The van der Waals surface area contributed by atoms with Crippen molar-refractivity contribution < 1.29 is 4.42 Å². The van der Waals surface area contributed by atoms with E-state index in [4.69, 9.17) is 4.42 Å². The normalized spacial score (nSPS) is 12.2. The van der Waals surface area contributed by atoms with Crippen LogP contribution in [-0.2, 0) is 0 Å². The summed E-state index contributed by atoms with van der Waals surface area (Å²) in [5.74, 6) is 0. The number of rotatable bonds is 3. The molecule has 53 heavy (non-hydrogen) atoms. The molecule has 0 N–H and O–H groups in total. The molecule has 0 spiro atoms. The highest BCUT2D eigenvalue weighted by molar-refractivity contribution is 6.16. The van der Waals surface area contributed by atoms with Crippen molar-refractivity contribution in [3.63, 3.8) is 0 Å². The van der Waals surface area contributed by atoms with E-state index in [2.05, 4.69) is 179 Å². The molecule has 12 rings (SSSR count). The van der Waals surface area contributed by atoms with Gasteiger partial charge in [0, 0.05) is 49.8 Å². The zero-order valence-electron chi connectivity index (χ0n) is 28.6. The zero-order chi connectivity index (χ0) is 34.6. The summed E-state index contributed by atoms with van der Waals surface area (Å²) < 4.78 is 11.1. The molecule has 0 aliphatic carbocycles. The van der Waals surface area contributed by atoms with Gasteiger partial charge in [-0.3, -0.25) is 0 Å². The number of hydrogen-bond acceptors (Lipinski definition) is 1. The van der Waals surface area contributed by atoms with Gasteiger partial charge in [-0.2, -0.15) is 0 Å². The molecule has 0 bridgehead atoms. The average Bonchev–Trinajstić information content (AvgIpc) is 3.86. The van der Waals surface area contributed by atoms with Gasteiger partial charge in [0.2, 0.25) is 0 Å². The van der Waals surface area contributed by atoms with E-state index in [1.807, 2.05) is 12.1 Å². The minimum absolute atomic E-state index is 0.898. The molecule has 3 heteroatoms. The number of para-hydroxylation sites is 2. The Labute approximate surface area is 304 Å². The van der Waals surface area contributed by atoms with Crippen molar-refractivity contribution in [2.45, 2.75) is 0 Å². The minimum atomic E-state index is 0.898. The fourth-order valence-electron chi connectivity index (χ4n) is 8.76. The molecule has 0 unspecified atom stereocenters. The number of fused-ring (bicyclic) bond motifs is 11. The van der Waals surface area contributed by atoms with Gasteiger partial charge in [-0.25, -0.2) is 0 Å². The van der Waals surface area contributed by atoms with Crippen molar-refractivity contribution in [3.05, 3.63) is 182 Å². The molecular formula is C50H30N2O. The molecular weight excluding hydrogens is 645 g/mol. The zero-order valence-corrected chi connectivity index (χ0v) is 28.6. The first-order chi connectivity index (χ1) is 26.2. The van der Waals surface area contributed by atoms with E-state index in [0.717, 1.165) is 27.6 Å². The molecule has 9 aromatic carbocycles. The smallest absolute Gasteiger partial charge is 0.137 e. The van der Waals surface area contributed by atoms with Crippen molar-refractivity contribution in [3.8, 4) is 22.5 Å². The predicted molar refractivity (Wildman–Crippen MR) is 223 cm³/mol. The van der Waals surface area contributed by atoms with Crippen molar-refractivity contribution in [2.24, 2.45) is 0 Å². The lowest BCUT2D eigenvalue weighted by atomic mass is 10.00. The van der Waals surface area contributed by atoms with Crippen LogP contribution in [0.15, 0.2) is 186 Å². The first kappa shape index (κ1) is 28.6. The monoisotopic (exact) mass is 674 g/mol. The first-order valence-electron chi connectivity index (χ1n) is 18.2. The molecule has 3 aromatic heterocycles. The number of hydrogen-bond donors (Lipinski definition) is 0. The summed E-state index contributed by atoms with van der Waals surface area (Å²) in [5, 5.41) is 12.2. The summed E-state index contributed by atoms with van der Waals surface area (Å²) in [4.78, 5) is 0. The Balaban J connectivity index is 1.06. The van der Waals surface area contributed by atoms with Crippen LogP contribution in [0.2, 0.25) is 0 Å². The Kier molecular flexibility index (Phi) is 5.77. The van der Waals surface area contributed by atoms with E-state index < -0.39 is 0 Å². The van der Waals surface area contributed by atoms with Gasteiger partial charge < -0.3 is 13.6 Å². The third kappa shape index (κ3) is 4.16. The second-order valence-corrected chi connectivity index (χ2v) is 14.2. The molecule has 0 aliphatic rings. The molecule has 0 saturated carbocycles. The van der Waals surface area contributed by atoms with Gasteiger partial charge in [-0.1, -0.05) is 103 Å². The fourth-order valence-corrected chi connectivity index (χ4v) is 8.76.